The summed E-state index contributed by atoms with van der Waals surface area (Å²) in [6.45, 7) is 25.7. The van der Waals surface area contributed by atoms with Crippen LogP contribution in [0.3, 0.4) is 0 Å². The number of hydrogen-bond acceptors (Lipinski definition) is 2. The van der Waals surface area contributed by atoms with E-state index in [1.165, 1.54) is 6.08 Å². The summed E-state index contributed by atoms with van der Waals surface area (Å²) >= 11 is 0. The van der Waals surface area contributed by atoms with E-state index in [2.05, 4.69) is 66.1 Å². The van der Waals surface area contributed by atoms with Crippen LogP contribution in [0.5, 0.6) is 0 Å². The van der Waals surface area contributed by atoms with Crippen molar-refractivity contribution in [2.45, 2.75) is 19.9 Å². The summed E-state index contributed by atoms with van der Waals surface area (Å²) in [5.41, 5.74) is 0. The second-order valence-electron chi connectivity index (χ2n) is 7.52. The molecule has 0 aromatic carbocycles. The summed E-state index contributed by atoms with van der Waals surface area (Å²) < 4.78 is 1.90. The number of hydrogen-bond donors (Lipinski definition) is 0. The quantitative estimate of drug-likeness (QED) is 0.224. The molecular formula is C22H42ClN3O. The Morgan fingerprint density at radius 2 is 1.04 bits per heavy atom. The van der Waals surface area contributed by atoms with Gasteiger partial charge in [0.25, 0.3) is 0 Å². The molecule has 0 saturated heterocycles. The molecule has 0 fully saturated rings. The van der Waals surface area contributed by atoms with Gasteiger partial charge < -0.3 is 26.5 Å². The largest absolute Gasteiger partial charge is 1.00 e. The average molecular weight is 400 g/mol. The first-order valence-electron chi connectivity index (χ1n) is 8.86. The highest BCUT2D eigenvalue weighted by atomic mass is 35.5. The van der Waals surface area contributed by atoms with Gasteiger partial charge in [-0.2, -0.15) is 0 Å². The molecule has 27 heavy (non-hydrogen) atoms. The fraction of sp³-hybridized carbons (Fsp3) is 0.500. The molecule has 4 nitrogen and oxygen atoms in total. The zero-order valence-electron chi connectivity index (χ0n) is 18.5. The van der Waals surface area contributed by atoms with Crippen LogP contribution in [0, 0.1) is 0 Å². The maximum Gasteiger partial charge on any atom is 0.0969 e. The number of likely N-dealkylation sites (N-methyl/N-ethyl adjacent to an activating group) is 2. The highest BCUT2D eigenvalue weighted by molar-refractivity contribution is 5.82. The number of quaternary nitrogens is 2. The minimum Gasteiger partial charge on any atom is -1.00 e. The van der Waals surface area contributed by atoms with E-state index in [4.69, 9.17) is 0 Å². The Kier molecular flexibility index (Phi) is 23.4. The summed E-state index contributed by atoms with van der Waals surface area (Å²) in [5, 5.41) is 10.3. The smallest absolute Gasteiger partial charge is 0.0969 e. The van der Waals surface area contributed by atoms with Crippen molar-refractivity contribution in [3.8, 4) is 0 Å². The molecule has 0 amide bonds. The Bertz CT molecular complexity index is 400. The van der Waals surface area contributed by atoms with Gasteiger partial charge in [0.05, 0.1) is 54.4 Å². The molecular weight excluding hydrogens is 358 g/mol. The van der Waals surface area contributed by atoms with Gasteiger partial charge in [-0.3, -0.25) is 4.99 Å². The maximum atomic E-state index is 10.3. The summed E-state index contributed by atoms with van der Waals surface area (Å²) in [5.74, 6) is -0.236. The molecule has 0 aliphatic carbocycles. The van der Waals surface area contributed by atoms with Crippen LogP contribution in [0.1, 0.15) is 13.8 Å². The lowest BCUT2D eigenvalue weighted by atomic mass is 10.4. The van der Waals surface area contributed by atoms with Crippen LogP contribution < -0.4 is 17.5 Å². The van der Waals surface area contributed by atoms with Gasteiger partial charge in [-0.15, -0.1) is 0 Å². The molecule has 0 aromatic rings. The van der Waals surface area contributed by atoms with Crippen molar-refractivity contribution in [1.29, 1.82) is 0 Å². The Hall–Kier alpha value is -1.62. The van der Waals surface area contributed by atoms with Crippen LogP contribution in [0.2, 0.25) is 0 Å². The molecule has 0 bridgehead atoms. The van der Waals surface area contributed by atoms with Gasteiger partial charge in [0.15, 0.2) is 0 Å². The number of aliphatic imine (C=N–C) groups is 1. The van der Waals surface area contributed by atoms with E-state index >= 15 is 0 Å². The minimum absolute atomic E-state index is 0. The van der Waals surface area contributed by atoms with Crippen LogP contribution >= 0.6 is 0 Å². The van der Waals surface area contributed by atoms with Gasteiger partial charge >= 0.3 is 0 Å². The van der Waals surface area contributed by atoms with E-state index in [0.717, 1.165) is 35.1 Å². The third-order valence-electron chi connectivity index (χ3n) is 3.05. The van der Waals surface area contributed by atoms with E-state index in [1.54, 1.807) is 0 Å². The Labute approximate surface area is 175 Å². The molecule has 0 heterocycles. The third-order valence-corrected chi connectivity index (χ3v) is 3.05. The molecule has 0 N–H and O–H groups in total. The predicted molar refractivity (Wildman–Crippen MR) is 117 cm³/mol. The van der Waals surface area contributed by atoms with Crippen molar-refractivity contribution in [3.05, 3.63) is 63.3 Å². The van der Waals surface area contributed by atoms with Crippen LogP contribution in [-0.4, -0.2) is 75.3 Å². The zero-order chi connectivity index (χ0) is 21.2. The highest BCUT2D eigenvalue weighted by Crippen LogP contribution is 1.95. The zero-order valence-corrected chi connectivity index (χ0v) is 19.2. The summed E-state index contributed by atoms with van der Waals surface area (Å²) in [6.07, 6.45) is 8.94. The van der Waals surface area contributed by atoms with Crippen LogP contribution in [0.4, 0.5) is 0 Å². The second-order valence-corrected chi connectivity index (χ2v) is 7.52. The van der Waals surface area contributed by atoms with Gasteiger partial charge in [-0.1, -0.05) is 39.0 Å². The van der Waals surface area contributed by atoms with Crippen LogP contribution in [-0.2, 0) is 0 Å². The first-order chi connectivity index (χ1) is 11.9. The molecule has 0 saturated carbocycles. The van der Waals surface area contributed by atoms with Gasteiger partial charge in [0, 0.05) is 6.04 Å². The van der Waals surface area contributed by atoms with E-state index in [-0.39, 0.29) is 24.3 Å². The fourth-order valence-electron chi connectivity index (χ4n) is 1.85. The minimum atomic E-state index is -0.236. The first-order valence-corrected chi connectivity index (χ1v) is 8.86. The summed E-state index contributed by atoms with van der Waals surface area (Å²) in [6, 6.07) is 0.0838. The fourth-order valence-corrected chi connectivity index (χ4v) is 1.85. The number of halogens is 1. The normalized spacial score (nSPS) is 10.9. The average Bonchev–Trinajstić information content (AvgIpc) is 2.47. The monoisotopic (exact) mass is 399 g/mol. The Balaban J connectivity index is -0.000000145. The van der Waals surface area contributed by atoms with Crippen molar-refractivity contribution < 1.29 is 26.5 Å². The topological polar surface area (TPSA) is 35.4 Å². The third kappa shape index (κ3) is 29.4. The van der Waals surface area contributed by atoms with Gasteiger partial charge in [-0.05, 0) is 44.0 Å². The van der Waals surface area contributed by atoms with Gasteiger partial charge in [0.1, 0.15) is 0 Å². The molecule has 158 valence electrons. The van der Waals surface area contributed by atoms with Crippen molar-refractivity contribution in [2.24, 2.45) is 4.99 Å². The van der Waals surface area contributed by atoms with E-state index in [9.17, 15) is 5.11 Å². The van der Waals surface area contributed by atoms with Crippen LogP contribution in [0.15, 0.2) is 68.3 Å². The molecule has 5 heteroatoms. The van der Waals surface area contributed by atoms with E-state index < -0.39 is 0 Å². The second kappa shape index (κ2) is 19.2. The van der Waals surface area contributed by atoms with Gasteiger partial charge in [-0.25, -0.2) is 0 Å². The standard InChI is InChI=1S/2C8H16N.C6H11NO.ClH/c2*1-5-7-9(3,4)8-6-2;1-4-6(8)7-5(2)3;/h2*5-6H,1-2,7-8H2,3-4H3;4-5H,1H2,2-3H3,(H,7,8);1H/q2*+1;;/p-2. The first kappa shape index (κ1) is 33.0. The van der Waals surface area contributed by atoms with E-state index in [0.29, 0.717) is 0 Å². The highest BCUT2D eigenvalue weighted by Gasteiger charge is 2.08. The SMILES string of the molecule is C=CC([O-])=NC(C)C.C=CC[N+](C)(C)CC=C.C=CC[N+](C)(C)CC=C.[Cl-]. The van der Waals surface area contributed by atoms with Crippen molar-refractivity contribution in [1.82, 2.24) is 0 Å². The molecule has 0 aromatic heterocycles. The van der Waals surface area contributed by atoms with Crippen molar-refractivity contribution >= 4 is 5.90 Å². The van der Waals surface area contributed by atoms with Crippen LogP contribution in [0.25, 0.3) is 0 Å². The van der Waals surface area contributed by atoms with Gasteiger partial charge in [0.2, 0.25) is 0 Å². The van der Waals surface area contributed by atoms with Crippen molar-refractivity contribution in [3.63, 3.8) is 0 Å². The molecule has 0 rings (SSSR count). The predicted octanol–water partition coefficient (Wildman–Crippen LogP) is 0.213. The molecule has 0 radical (unpaired) electrons. The molecule has 0 aliphatic heterocycles. The lowest BCUT2D eigenvalue weighted by Gasteiger charge is -2.26. The number of nitrogens with zero attached hydrogens (tertiary/aromatic N) is 3. The number of rotatable bonds is 10. The maximum absolute atomic E-state index is 10.3. The molecule has 0 atom stereocenters. The molecule has 0 unspecified atom stereocenters. The Morgan fingerprint density at radius 3 is 1.15 bits per heavy atom. The lowest BCUT2D eigenvalue weighted by Crippen LogP contribution is -3.00. The van der Waals surface area contributed by atoms with Crippen molar-refractivity contribution in [2.75, 3.05) is 54.4 Å². The summed E-state index contributed by atoms with van der Waals surface area (Å²) in [7, 11) is 8.62. The van der Waals surface area contributed by atoms with E-state index in [1.807, 2.05) is 38.2 Å². The molecule has 0 aliphatic rings. The summed E-state index contributed by atoms with van der Waals surface area (Å²) in [4.78, 5) is 3.64. The Morgan fingerprint density at radius 1 is 0.778 bits per heavy atom. The molecule has 0 spiro atoms. The lowest BCUT2D eigenvalue weighted by molar-refractivity contribution is -0.878.